The van der Waals surface area contributed by atoms with E-state index < -0.39 is 0 Å². The van der Waals surface area contributed by atoms with Crippen LogP contribution in [0.1, 0.15) is 49.0 Å². The molecule has 7 nitrogen and oxygen atoms in total. The number of benzene rings is 1. The van der Waals surface area contributed by atoms with Gasteiger partial charge in [-0.3, -0.25) is 4.79 Å². The summed E-state index contributed by atoms with van der Waals surface area (Å²) in [5.41, 5.74) is 1.03. The van der Waals surface area contributed by atoms with E-state index in [2.05, 4.69) is 20.8 Å². The third-order valence-corrected chi connectivity index (χ3v) is 4.76. The van der Waals surface area contributed by atoms with Crippen LogP contribution in [0.25, 0.3) is 0 Å². The van der Waals surface area contributed by atoms with Gasteiger partial charge in [0, 0.05) is 12.1 Å². The van der Waals surface area contributed by atoms with Gasteiger partial charge in [0.25, 0.3) is 5.91 Å². The maximum absolute atomic E-state index is 12.4. The van der Waals surface area contributed by atoms with Crippen molar-refractivity contribution in [1.82, 2.24) is 15.5 Å². The van der Waals surface area contributed by atoms with Gasteiger partial charge in [-0.1, -0.05) is 25.7 Å². The van der Waals surface area contributed by atoms with Crippen molar-refractivity contribution in [3.63, 3.8) is 0 Å². The molecule has 2 aromatic rings. The minimum atomic E-state index is -0.167. The molecule has 0 spiro atoms. The maximum atomic E-state index is 12.4. The van der Waals surface area contributed by atoms with Crippen molar-refractivity contribution in [1.29, 1.82) is 0 Å². The second-order valence-corrected chi connectivity index (χ2v) is 6.66. The van der Waals surface area contributed by atoms with E-state index >= 15 is 0 Å². The van der Waals surface area contributed by atoms with Crippen molar-refractivity contribution in [3.05, 3.63) is 36.0 Å². The fourth-order valence-corrected chi connectivity index (χ4v) is 3.25. The number of ether oxygens (including phenoxy) is 2. The fourth-order valence-electron chi connectivity index (χ4n) is 3.25. The Kier molecular flexibility index (Phi) is 6.46. The fraction of sp³-hybridized carbons (Fsp3) is 0.450. The highest BCUT2D eigenvalue weighted by Crippen LogP contribution is 2.30. The Balaban J connectivity index is 1.65. The quantitative estimate of drug-likeness (QED) is 0.755. The summed E-state index contributed by atoms with van der Waals surface area (Å²) in [4.78, 5) is 12.4. The van der Waals surface area contributed by atoms with Crippen LogP contribution in [0.2, 0.25) is 0 Å². The number of amides is 1. The Hall–Kier alpha value is -2.83. The largest absolute Gasteiger partial charge is 0.497 e. The van der Waals surface area contributed by atoms with Gasteiger partial charge < -0.3 is 20.1 Å². The van der Waals surface area contributed by atoms with Gasteiger partial charge in [0.1, 0.15) is 11.5 Å². The molecule has 1 aromatic carbocycles. The monoisotopic (exact) mass is 370 g/mol. The summed E-state index contributed by atoms with van der Waals surface area (Å²) in [7, 11) is 3.20. The molecule has 1 saturated carbocycles. The molecule has 2 N–H and O–H groups in total. The molecule has 27 heavy (non-hydrogen) atoms. The molecule has 1 heterocycles. The van der Waals surface area contributed by atoms with E-state index in [9.17, 15) is 4.79 Å². The number of carbonyl (C=O) groups is 1. The summed E-state index contributed by atoms with van der Waals surface area (Å²) in [6, 6.07) is 9.08. The van der Waals surface area contributed by atoms with Crippen molar-refractivity contribution in [3.8, 4) is 11.5 Å². The van der Waals surface area contributed by atoms with Crippen molar-refractivity contribution >= 4 is 17.4 Å². The third kappa shape index (κ3) is 5.09. The Bertz CT molecular complexity index is 756. The molecule has 0 radical (unpaired) electrons. The number of rotatable bonds is 6. The SMILES string of the molecule is COc1ccc(OC)c(Nc2ccc(C(=O)NC3CCCCCC3)nn2)c1. The molecule has 7 heteroatoms. The highest BCUT2D eigenvalue weighted by atomic mass is 16.5. The summed E-state index contributed by atoms with van der Waals surface area (Å²) >= 11 is 0. The Labute approximate surface area is 159 Å². The number of nitrogens with zero attached hydrogens (tertiary/aromatic N) is 2. The van der Waals surface area contributed by atoms with Crippen LogP contribution in [0.3, 0.4) is 0 Å². The summed E-state index contributed by atoms with van der Waals surface area (Å²) in [6.07, 6.45) is 6.91. The topological polar surface area (TPSA) is 85.4 Å². The normalized spacial score (nSPS) is 14.9. The van der Waals surface area contributed by atoms with Crippen molar-refractivity contribution in [2.75, 3.05) is 19.5 Å². The second-order valence-electron chi connectivity index (χ2n) is 6.66. The van der Waals surface area contributed by atoms with Crippen LogP contribution >= 0.6 is 0 Å². The third-order valence-electron chi connectivity index (χ3n) is 4.76. The van der Waals surface area contributed by atoms with Gasteiger partial charge in [-0.2, -0.15) is 0 Å². The molecule has 0 aliphatic heterocycles. The standard InChI is InChI=1S/C20H26N4O3/c1-26-15-9-11-18(27-2)17(13-15)22-19-12-10-16(23-24-19)20(25)21-14-7-5-3-4-6-8-14/h9-14H,3-8H2,1-2H3,(H,21,25)(H,22,24). The van der Waals surface area contributed by atoms with E-state index in [1.54, 1.807) is 26.4 Å². The van der Waals surface area contributed by atoms with Gasteiger partial charge in [0.05, 0.1) is 19.9 Å². The molecule has 0 bridgehead atoms. The average molecular weight is 370 g/mol. The van der Waals surface area contributed by atoms with E-state index in [-0.39, 0.29) is 11.9 Å². The zero-order valence-corrected chi connectivity index (χ0v) is 15.8. The van der Waals surface area contributed by atoms with Crippen LogP contribution in [0.4, 0.5) is 11.5 Å². The van der Waals surface area contributed by atoms with Crippen LogP contribution in [-0.2, 0) is 0 Å². The predicted molar refractivity (Wildman–Crippen MR) is 104 cm³/mol. The van der Waals surface area contributed by atoms with E-state index in [4.69, 9.17) is 9.47 Å². The van der Waals surface area contributed by atoms with Crippen LogP contribution in [0.5, 0.6) is 11.5 Å². The van der Waals surface area contributed by atoms with Crippen LogP contribution < -0.4 is 20.1 Å². The van der Waals surface area contributed by atoms with Crippen LogP contribution in [-0.4, -0.2) is 36.4 Å². The molecule has 3 rings (SSSR count). The van der Waals surface area contributed by atoms with E-state index in [0.717, 1.165) is 12.8 Å². The second kappa shape index (κ2) is 9.21. The zero-order valence-electron chi connectivity index (χ0n) is 15.8. The first-order valence-corrected chi connectivity index (χ1v) is 9.33. The maximum Gasteiger partial charge on any atom is 0.272 e. The number of methoxy groups -OCH3 is 2. The predicted octanol–water partition coefficient (Wildman–Crippen LogP) is 3.69. The van der Waals surface area contributed by atoms with Crippen LogP contribution in [0.15, 0.2) is 30.3 Å². The van der Waals surface area contributed by atoms with Gasteiger partial charge in [0.2, 0.25) is 0 Å². The summed E-state index contributed by atoms with van der Waals surface area (Å²) in [6.45, 7) is 0. The summed E-state index contributed by atoms with van der Waals surface area (Å²) in [5, 5.41) is 14.4. The molecular weight excluding hydrogens is 344 g/mol. The lowest BCUT2D eigenvalue weighted by atomic mass is 10.1. The minimum absolute atomic E-state index is 0.167. The lowest BCUT2D eigenvalue weighted by molar-refractivity contribution is 0.0927. The highest BCUT2D eigenvalue weighted by molar-refractivity contribution is 5.92. The molecule has 0 atom stereocenters. The smallest absolute Gasteiger partial charge is 0.272 e. The van der Waals surface area contributed by atoms with E-state index in [1.165, 1.54) is 25.7 Å². The lowest BCUT2D eigenvalue weighted by Gasteiger charge is -2.15. The molecule has 1 aliphatic carbocycles. The van der Waals surface area contributed by atoms with Gasteiger partial charge in [0.15, 0.2) is 11.5 Å². The zero-order chi connectivity index (χ0) is 19.1. The molecule has 1 aromatic heterocycles. The highest BCUT2D eigenvalue weighted by Gasteiger charge is 2.17. The molecule has 1 amide bonds. The molecule has 144 valence electrons. The van der Waals surface area contributed by atoms with Crippen molar-refractivity contribution in [2.24, 2.45) is 0 Å². The van der Waals surface area contributed by atoms with Crippen molar-refractivity contribution in [2.45, 2.75) is 44.6 Å². The molecule has 1 aliphatic rings. The first kappa shape index (κ1) is 18.9. The van der Waals surface area contributed by atoms with Crippen LogP contribution in [0, 0.1) is 0 Å². The first-order valence-electron chi connectivity index (χ1n) is 9.33. The summed E-state index contributed by atoms with van der Waals surface area (Å²) in [5.74, 6) is 1.71. The van der Waals surface area contributed by atoms with E-state index in [0.29, 0.717) is 28.7 Å². The van der Waals surface area contributed by atoms with Gasteiger partial charge in [-0.15, -0.1) is 10.2 Å². The number of carbonyl (C=O) groups excluding carboxylic acids is 1. The first-order chi connectivity index (χ1) is 13.2. The molecular formula is C20H26N4O3. The lowest BCUT2D eigenvalue weighted by Crippen LogP contribution is -2.35. The minimum Gasteiger partial charge on any atom is -0.497 e. The number of hydrogen-bond acceptors (Lipinski definition) is 6. The summed E-state index contributed by atoms with van der Waals surface area (Å²) < 4.78 is 10.6. The van der Waals surface area contributed by atoms with Gasteiger partial charge >= 0.3 is 0 Å². The number of aromatic nitrogens is 2. The molecule has 1 fully saturated rings. The molecule has 0 unspecified atom stereocenters. The number of nitrogens with one attached hydrogen (secondary N) is 2. The number of hydrogen-bond donors (Lipinski definition) is 2. The average Bonchev–Trinajstić information content (AvgIpc) is 2.97. The Morgan fingerprint density at radius 1 is 1.00 bits per heavy atom. The van der Waals surface area contributed by atoms with E-state index in [1.807, 2.05) is 18.2 Å². The van der Waals surface area contributed by atoms with Gasteiger partial charge in [-0.05, 0) is 37.1 Å². The van der Waals surface area contributed by atoms with Crippen molar-refractivity contribution < 1.29 is 14.3 Å². The number of anilines is 2. The molecule has 0 saturated heterocycles. The Morgan fingerprint density at radius 2 is 1.78 bits per heavy atom. The van der Waals surface area contributed by atoms with Gasteiger partial charge in [-0.25, -0.2) is 0 Å². The Morgan fingerprint density at radius 3 is 2.41 bits per heavy atom.